The molecule has 0 aliphatic heterocycles. The molecule has 0 radical (unpaired) electrons. The van der Waals surface area contributed by atoms with Crippen LogP contribution < -0.4 is 10.7 Å². The van der Waals surface area contributed by atoms with Crippen molar-refractivity contribution in [2.45, 2.75) is 13.0 Å². The van der Waals surface area contributed by atoms with E-state index >= 15 is 0 Å². The average Bonchev–Trinajstić information content (AvgIpc) is 2.68. The summed E-state index contributed by atoms with van der Waals surface area (Å²) < 4.78 is 5.93. The molecule has 0 spiro atoms. The Morgan fingerprint density at radius 2 is 1.81 bits per heavy atom. The molecule has 138 valence electrons. The molecular weight excluding hydrogens is 350 g/mol. The van der Waals surface area contributed by atoms with Gasteiger partial charge < -0.3 is 19.9 Å². The first-order valence-corrected chi connectivity index (χ1v) is 8.21. The molecule has 0 bridgehead atoms. The molecular formula is C20H17NO6. The Kier molecular flexibility index (Phi) is 5.05. The minimum Gasteiger partial charge on any atom is -0.479 e. The quantitative estimate of drug-likeness (QED) is 0.634. The first-order chi connectivity index (χ1) is 12.9. The number of carbonyl (C=O) groups is 2. The van der Waals surface area contributed by atoms with Crippen LogP contribution in [0, 0.1) is 6.92 Å². The largest absolute Gasteiger partial charge is 0.479 e. The Bertz CT molecular complexity index is 1070. The van der Waals surface area contributed by atoms with Gasteiger partial charge in [-0.1, -0.05) is 36.4 Å². The maximum Gasteiger partial charge on any atom is 0.334 e. The topological polar surface area (TPSA) is 117 Å². The lowest BCUT2D eigenvalue weighted by molar-refractivity contribution is -0.146. The molecule has 0 fully saturated rings. The maximum absolute atomic E-state index is 12.7. The number of aliphatic hydroxyl groups excluding tert-OH is 1. The van der Waals surface area contributed by atoms with Crippen molar-refractivity contribution >= 4 is 22.8 Å². The number of carbonyl (C=O) groups excluding carboxylic acids is 1. The fourth-order valence-electron chi connectivity index (χ4n) is 2.73. The Balaban J connectivity index is 2.10. The van der Waals surface area contributed by atoms with Crippen LogP contribution in [-0.4, -0.2) is 34.7 Å². The van der Waals surface area contributed by atoms with Crippen LogP contribution in [0.25, 0.3) is 22.3 Å². The van der Waals surface area contributed by atoms with Crippen LogP contribution in [-0.2, 0) is 4.79 Å². The molecule has 1 unspecified atom stereocenters. The van der Waals surface area contributed by atoms with Gasteiger partial charge in [-0.25, -0.2) is 4.79 Å². The molecule has 7 heteroatoms. The van der Waals surface area contributed by atoms with Crippen LogP contribution in [0.15, 0.2) is 57.7 Å². The molecule has 1 aromatic heterocycles. The van der Waals surface area contributed by atoms with Gasteiger partial charge in [0.1, 0.15) is 5.76 Å². The normalized spacial score (nSPS) is 11.9. The van der Waals surface area contributed by atoms with Crippen LogP contribution >= 0.6 is 0 Å². The second-order valence-corrected chi connectivity index (χ2v) is 6.00. The van der Waals surface area contributed by atoms with E-state index in [1.54, 1.807) is 31.2 Å². The molecule has 2 aromatic carbocycles. The summed E-state index contributed by atoms with van der Waals surface area (Å²) in [6.45, 7) is 1.19. The minimum atomic E-state index is -1.72. The molecule has 1 heterocycles. The van der Waals surface area contributed by atoms with E-state index in [1.165, 1.54) is 6.07 Å². The molecule has 0 aliphatic rings. The SMILES string of the molecule is Cc1c(-c2ccccc2)oc2c(C(=O)NCC(O)C(=O)O)cccc2c1=O. The highest BCUT2D eigenvalue weighted by atomic mass is 16.4. The second kappa shape index (κ2) is 7.43. The number of carboxylic acids is 1. The first kappa shape index (κ1) is 18.3. The van der Waals surface area contributed by atoms with Crippen molar-refractivity contribution in [3.8, 4) is 11.3 Å². The van der Waals surface area contributed by atoms with E-state index in [2.05, 4.69) is 5.32 Å². The predicted octanol–water partition coefficient (Wildman–Crippen LogP) is 1.94. The summed E-state index contributed by atoms with van der Waals surface area (Å²) in [4.78, 5) is 35.9. The van der Waals surface area contributed by atoms with Crippen LogP contribution in [0.4, 0.5) is 0 Å². The van der Waals surface area contributed by atoms with Crippen molar-refractivity contribution in [1.82, 2.24) is 5.32 Å². The van der Waals surface area contributed by atoms with E-state index in [0.717, 1.165) is 0 Å². The van der Waals surface area contributed by atoms with Gasteiger partial charge in [0.05, 0.1) is 17.5 Å². The van der Waals surface area contributed by atoms with Gasteiger partial charge in [0, 0.05) is 11.1 Å². The van der Waals surface area contributed by atoms with E-state index in [-0.39, 0.29) is 22.0 Å². The molecule has 1 amide bonds. The summed E-state index contributed by atoms with van der Waals surface area (Å²) in [5.41, 5.74) is 1.06. The third kappa shape index (κ3) is 3.58. The van der Waals surface area contributed by atoms with E-state index in [9.17, 15) is 19.5 Å². The lowest BCUT2D eigenvalue weighted by Crippen LogP contribution is -2.36. The van der Waals surface area contributed by atoms with Gasteiger partial charge in [0.15, 0.2) is 17.1 Å². The van der Waals surface area contributed by atoms with E-state index in [1.807, 2.05) is 18.2 Å². The van der Waals surface area contributed by atoms with Crippen molar-refractivity contribution < 1.29 is 24.2 Å². The number of hydrogen-bond donors (Lipinski definition) is 3. The molecule has 3 N–H and O–H groups in total. The zero-order valence-electron chi connectivity index (χ0n) is 14.4. The van der Waals surface area contributed by atoms with Crippen molar-refractivity contribution in [3.63, 3.8) is 0 Å². The Morgan fingerprint density at radius 3 is 2.48 bits per heavy atom. The van der Waals surface area contributed by atoms with E-state index < -0.39 is 24.5 Å². The number of nitrogens with one attached hydrogen (secondary N) is 1. The summed E-state index contributed by atoms with van der Waals surface area (Å²) in [5, 5.41) is 20.6. The molecule has 1 atom stereocenters. The fraction of sp³-hybridized carbons (Fsp3) is 0.150. The summed E-state index contributed by atoms with van der Waals surface area (Å²) in [6, 6.07) is 13.6. The highest BCUT2D eigenvalue weighted by molar-refractivity contribution is 6.05. The van der Waals surface area contributed by atoms with Gasteiger partial charge in [0.25, 0.3) is 5.91 Å². The number of hydrogen-bond acceptors (Lipinski definition) is 5. The second-order valence-electron chi connectivity index (χ2n) is 6.00. The van der Waals surface area contributed by atoms with E-state index in [4.69, 9.17) is 9.52 Å². The number of amides is 1. The maximum atomic E-state index is 12.7. The Labute approximate surface area is 153 Å². The Hall–Kier alpha value is -3.45. The molecule has 3 aromatic rings. The minimum absolute atomic E-state index is 0.0827. The number of carboxylic acid groups (broad SMARTS) is 1. The van der Waals surface area contributed by atoms with Gasteiger partial charge in [0.2, 0.25) is 0 Å². The van der Waals surface area contributed by atoms with Crippen LogP contribution in [0.3, 0.4) is 0 Å². The standard InChI is InChI=1S/C20H17NO6/c1-11-16(23)13-8-5-9-14(19(24)21-10-15(22)20(25)26)18(13)27-17(11)12-6-3-2-4-7-12/h2-9,15,22H,10H2,1H3,(H,21,24)(H,25,26). The molecule has 27 heavy (non-hydrogen) atoms. The van der Waals surface area contributed by atoms with Gasteiger partial charge in [-0.2, -0.15) is 0 Å². The first-order valence-electron chi connectivity index (χ1n) is 8.21. The summed E-state index contributed by atoms with van der Waals surface area (Å²) in [7, 11) is 0. The highest BCUT2D eigenvalue weighted by Crippen LogP contribution is 2.27. The van der Waals surface area contributed by atoms with Crippen molar-refractivity contribution in [2.24, 2.45) is 0 Å². The summed E-state index contributed by atoms with van der Waals surface area (Å²) in [6.07, 6.45) is -1.72. The van der Waals surface area contributed by atoms with Crippen LogP contribution in [0.5, 0.6) is 0 Å². The fourth-order valence-corrected chi connectivity index (χ4v) is 2.73. The van der Waals surface area contributed by atoms with Crippen LogP contribution in [0.2, 0.25) is 0 Å². The van der Waals surface area contributed by atoms with Crippen molar-refractivity contribution in [1.29, 1.82) is 0 Å². The van der Waals surface area contributed by atoms with Gasteiger partial charge in [-0.3, -0.25) is 9.59 Å². The Morgan fingerprint density at radius 1 is 1.11 bits per heavy atom. The third-order valence-corrected chi connectivity index (χ3v) is 4.17. The molecule has 0 saturated carbocycles. The number of rotatable bonds is 5. The number of para-hydroxylation sites is 1. The molecule has 0 saturated heterocycles. The smallest absolute Gasteiger partial charge is 0.334 e. The predicted molar refractivity (Wildman–Crippen MR) is 98.6 cm³/mol. The zero-order valence-corrected chi connectivity index (χ0v) is 14.4. The molecule has 3 rings (SSSR count). The summed E-state index contributed by atoms with van der Waals surface area (Å²) >= 11 is 0. The van der Waals surface area contributed by atoms with Gasteiger partial charge in [-0.05, 0) is 19.1 Å². The van der Waals surface area contributed by atoms with Crippen molar-refractivity contribution in [3.05, 3.63) is 69.9 Å². The lowest BCUT2D eigenvalue weighted by Gasteiger charge is -2.11. The third-order valence-electron chi connectivity index (χ3n) is 4.17. The summed E-state index contributed by atoms with van der Waals surface area (Å²) in [5.74, 6) is -1.73. The highest BCUT2D eigenvalue weighted by Gasteiger charge is 2.20. The number of aliphatic carboxylic acids is 1. The van der Waals surface area contributed by atoms with Crippen molar-refractivity contribution in [2.75, 3.05) is 6.54 Å². The lowest BCUT2D eigenvalue weighted by atomic mass is 10.0. The monoisotopic (exact) mass is 367 g/mol. The number of benzene rings is 2. The average molecular weight is 367 g/mol. The zero-order chi connectivity index (χ0) is 19.6. The molecule has 7 nitrogen and oxygen atoms in total. The number of aliphatic hydroxyl groups is 1. The number of fused-ring (bicyclic) bond motifs is 1. The van der Waals surface area contributed by atoms with Gasteiger partial charge >= 0.3 is 5.97 Å². The molecule has 0 aliphatic carbocycles. The van der Waals surface area contributed by atoms with E-state index in [0.29, 0.717) is 16.9 Å². The van der Waals surface area contributed by atoms with Gasteiger partial charge in [-0.15, -0.1) is 0 Å². The van der Waals surface area contributed by atoms with Crippen LogP contribution in [0.1, 0.15) is 15.9 Å².